The molecule has 1 aromatic carbocycles. The molecule has 1 N–H and O–H groups in total. The number of thioether (sulfide) groups is 1. The van der Waals surface area contributed by atoms with Crippen molar-refractivity contribution in [3.8, 4) is 0 Å². The van der Waals surface area contributed by atoms with Gasteiger partial charge in [0.2, 0.25) is 0 Å². The maximum Gasteiger partial charge on any atom is 0.273 e. The lowest BCUT2D eigenvalue weighted by Crippen LogP contribution is -2.40. The van der Waals surface area contributed by atoms with Crippen molar-refractivity contribution >= 4 is 54.8 Å². The fourth-order valence-corrected chi connectivity index (χ4v) is 7.86. The number of hydrogen-bond donors (Lipinski definition) is 1. The second-order valence-electron chi connectivity index (χ2n) is 7.92. The summed E-state index contributed by atoms with van der Waals surface area (Å²) in [5.41, 5.74) is 1.97. The molecule has 0 bridgehead atoms. The number of benzene rings is 1. The van der Waals surface area contributed by atoms with Crippen molar-refractivity contribution in [2.45, 2.75) is 9.46 Å². The molecule has 3 aromatic rings. The third kappa shape index (κ3) is 4.69. The highest BCUT2D eigenvalue weighted by molar-refractivity contribution is 8.15. The third-order valence-electron chi connectivity index (χ3n) is 5.74. The number of rotatable bonds is 8. The van der Waals surface area contributed by atoms with E-state index in [-0.39, 0.29) is 10.8 Å². The van der Waals surface area contributed by atoms with Gasteiger partial charge in [0.1, 0.15) is 15.9 Å². The van der Waals surface area contributed by atoms with Gasteiger partial charge in [-0.05, 0) is 23.6 Å². The number of aliphatic imine (C=N–C) groups is 1. The van der Waals surface area contributed by atoms with Crippen LogP contribution in [0.5, 0.6) is 0 Å². The largest absolute Gasteiger partial charge is 0.379 e. The molecule has 0 amide bonds. The number of sulfonamides is 1. The number of ether oxygens (including phenoxy) is 1. The van der Waals surface area contributed by atoms with Crippen molar-refractivity contribution in [1.82, 2.24) is 9.88 Å². The number of nitrogens with one attached hydrogen (secondary N) is 1. The fraction of sp³-hybridized carbons (Fsp3) is 0.409. The Balaban J connectivity index is 1.41. The molecule has 1 atom stereocenters. The number of hydrogen-bond acceptors (Lipinski definition) is 7. The Bertz CT molecular complexity index is 1240. The number of anilines is 1. The van der Waals surface area contributed by atoms with Gasteiger partial charge in [-0.15, -0.1) is 11.3 Å². The van der Waals surface area contributed by atoms with E-state index < -0.39 is 16.7 Å². The van der Waals surface area contributed by atoms with Crippen LogP contribution in [-0.4, -0.2) is 81.2 Å². The van der Waals surface area contributed by atoms with Crippen molar-refractivity contribution < 1.29 is 17.5 Å². The summed E-state index contributed by atoms with van der Waals surface area (Å²) >= 11 is 2.87. The molecular formula is C22H25FN4O3S3. The predicted molar refractivity (Wildman–Crippen MR) is 133 cm³/mol. The van der Waals surface area contributed by atoms with E-state index in [1.54, 1.807) is 41.4 Å². The van der Waals surface area contributed by atoms with Gasteiger partial charge in [-0.3, -0.25) is 14.2 Å². The molecule has 0 aliphatic carbocycles. The molecule has 7 nitrogen and oxygen atoms in total. The number of H-pyrrole nitrogens is 1. The summed E-state index contributed by atoms with van der Waals surface area (Å²) < 4.78 is 46.7. The summed E-state index contributed by atoms with van der Waals surface area (Å²) in [5, 5.41) is 3.88. The van der Waals surface area contributed by atoms with Crippen LogP contribution in [0.1, 0.15) is 5.69 Å². The van der Waals surface area contributed by atoms with E-state index >= 15 is 0 Å². The Morgan fingerprint density at radius 3 is 2.85 bits per heavy atom. The van der Waals surface area contributed by atoms with E-state index in [9.17, 15) is 12.8 Å². The molecule has 2 aliphatic heterocycles. The zero-order valence-electron chi connectivity index (χ0n) is 17.9. The lowest BCUT2D eigenvalue weighted by atomic mass is 10.2. The number of nitrogens with zero attached hydrogens (tertiary/aromatic N) is 3. The SMILES string of the molecule is O=S(=O)(c1cccs1)N(CCF)c1cccc2cc(C3=NCC(CN4CCOCC4)S3)[nH]c12. The summed E-state index contributed by atoms with van der Waals surface area (Å²) in [6, 6.07) is 10.7. The monoisotopic (exact) mass is 508 g/mol. The summed E-state index contributed by atoms with van der Waals surface area (Å²) in [6.07, 6.45) is 0. The summed E-state index contributed by atoms with van der Waals surface area (Å²) in [5.74, 6) is 0. The highest BCUT2D eigenvalue weighted by atomic mass is 32.2. The van der Waals surface area contributed by atoms with Crippen LogP contribution >= 0.6 is 23.1 Å². The van der Waals surface area contributed by atoms with Crippen LogP contribution in [0.4, 0.5) is 10.1 Å². The molecule has 4 heterocycles. The fourth-order valence-electron chi connectivity index (χ4n) is 4.16. The number of thiophene rings is 1. The second-order valence-corrected chi connectivity index (χ2v) is 12.2. The van der Waals surface area contributed by atoms with Gasteiger partial charge in [0.15, 0.2) is 0 Å². The first-order valence-corrected chi connectivity index (χ1v) is 14.0. The first-order valence-electron chi connectivity index (χ1n) is 10.8. The topological polar surface area (TPSA) is 78.0 Å². The molecule has 0 radical (unpaired) electrons. The number of para-hydroxylation sites is 1. The number of alkyl halides is 1. The van der Waals surface area contributed by atoms with Gasteiger partial charge in [-0.1, -0.05) is 30.0 Å². The predicted octanol–water partition coefficient (Wildman–Crippen LogP) is 3.59. The van der Waals surface area contributed by atoms with Crippen molar-refractivity contribution in [3.63, 3.8) is 0 Å². The molecule has 0 spiro atoms. The van der Waals surface area contributed by atoms with E-state index in [1.807, 2.05) is 12.1 Å². The van der Waals surface area contributed by atoms with Crippen molar-refractivity contribution in [1.29, 1.82) is 0 Å². The molecule has 0 saturated carbocycles. The van der Waals surface area contributed by atoms with Crippen LogP contribution in [0.15, 0.2) is 51.0 Å². The smallest absolute Gasteiger partial charge is 0.273 e. The van der Waals surface area contributed by atoms with E-state index in [1.165, 1.54) is 0 Å². The van der Waals surface area contributed by atoms with Gasteiger partial charge in [0.25, 0.3) is 10.0 Å². The van der Waals surface area contributed by atoms with E-state index in [0.29, 0.717) is 16.5 Å². The second kappa shape index (κ2) is 9.75. The summed E-state index contributed by atoms with van der Waals surface area (Å²) in [7, 11) is -3.86. The van der Waals surface area contributed by atoms with Gasteiger partial charge in [-0.2, -0.15) is 0 Å². The number of aromatic amines is 1. The zero-order chi connectivity index (χ0) is 22.8. The van der Waals surface area contributed by atoms with Crippen molar-refractivity contribution in [2.24, 2.45) is 4.99 Å². The minimum Gasteiger partial charge on any atom is -0.379 e. The number of halogens is 1. The van der Waals surface area contributed by atoms with Crippen LogP contribution < -0.4 is 4.31 Å². The molecule has 1 unspecified atom stereocenters. The van der Waals surface area contributed by atoms with Crippen LogP contribution in [0, 0.1) is 0 Å². The quantitative estimate of drug-likeness (QED) is 0.503. The standard InChI is InChI=1S/C22H25FN4O3S3/c23-6-7-27(33(28,29)20-5-2-12-31-20)19-4-1-3-16-13-18(25-21(16)19)22-24-14-17(32-22)15-26-8-10-30-11-9-26/h1-5,12-13,17,25H,6-11,14-15H2. The lowest BCUT2D eigenvalue weighted by molar-refractivity contribution is 0.0385. The first-order chi connectivity index (χ1) is 16.1. The van der Waals surface area contributed by atoms with Crippen LogP contribution in [-0.2, 0) is 14.8 Å². The maximum atomic E-state index is 13.4. The molecule has 2 aromatic heterocycles. The molecule has 1 saturated heterocycles. The summed E-state index contributed by atoms with van der Waals surface area (Å²) in [4.78, 5) is 10.5. The van der Waals surface area contributed by atoms with Crippen molar-refractivity contribution in [2.75, 3.05) is 56.9 Å². The molecular weight excluding hydrogens is 483 g/mol. The van der Waals surface area contributed by atoms with E-state index in [0.717, 1.165) is 71.2 Å². The van der Waals surface area contributed by atoms with Gasteiger partial charge >= 0.3 is 0 Å². The zero-order valence-corrected chi connectivity index (χ0v) is 20.4. The van der Waals surface area contributed by atoms with E-state index in [2.05, 4.69) is 9.88 Å². The maximum absolute atomic E-state index is 13.4. The van der Waals surface area contributed by atoms with Crippen LogP contribution in [0.25, 0.3) is 10.9 Å². The average Bonchev–Trinajstić information content (AvgIpc) is 3.58. The Morgan fingerprint density at radius 2 is 2.09 bits per heavy atom. The van der Waals surface area contributed by atoms with Gasteiger partial charge in [-0.25, -0.2) is 12.8 Å². The third-order valence-corrected chi connectivity index (χ3v) is 10.1. The van der Waals surface area contributed by atoms with Gasteiger partial charge < -0.3 is 9.72 Å². The van der Waals surface area contributed by atoms with Crippen LogP contribution in [0.2, 0.25) is 0 Å². The highest BCUT2D eigenvalue weighted by Gasteiger charge is 2.29. The number of aromatic nitrogens is 1. The Kier molecular flexibility index (Phi) is 6.75. The molecule has 5 rings (SSSR count). The van der Waals surface area contributed by atoms with Gasteiger partial charge in [0.05, 0.1) is 43.2 Å². The minimum atomic E-state index is -3.86. The van der Waals surface area contributed by atoms with Crippen molar-refractivity contribution in [3.05, 3.63) is 47.5 Å². The Morgan fingerprint density at radius 1 is 1.24 bits per heavy atom. The summed E-state index contributed by atoms with van der Waals surface area (Å²) in [6.45, 7) is 4.15. The van der Waals surface area contributed by atoms with Crippen LogP contribution in [0.3, 0.4) is 0 Å². The average molecular weight is 509 g/mol. The number of fused-ring (bicyclic) bond motifs is 1. The molecule has 176 valence electrons. The minimum absolute atomic E-state index is 0.196. The lowest BCUT2D eigenvalue weighted by Gasteiger charge is -2.28. The molecule has 1 fully saturated rings. The Hall–Kier alpha value is -1.92. The first kappa shape index (κ1) is 22.9. The normalized spacial score (nSPS) is 19.8. The molecule has 2 aliphatic rings. The highest BCUT2D eigenvalue weighted by Crippen LogP contribution is 2.34. The number of morpholine rings is 1. The van der Waals surface area contributed by atoms with Gasteiger partial charge in [0, 0.05) is 30.3 Å². The Labute approximate surface area is 200 Å². The molecule has 33 heavy (non-hydrogen) atoms. The molecule has 11 heteroatoms. The van der Waals surface area contributed by atoms with E-state index in [4.69, 9.17) is 9.73 Å².